The van der Waals surface area contributed by atoms with E-state index in [2.05, 4.69) is 40.4 Å². The van der Waals surface area contributed by atoms with Crippen molar-refractivity contribution in [3.63, 3.8) is 0 Å². The molecule has 18 heteroatoms. The fraction of sp³-hybridized carbons (Fsp3) is 0.333. The van der Waals surface area contributed by atoms with Gasteiger partial charge in [0.1, 0.15) is 24.3 Å². The summed E-state index contributed by atoms with van der Waals surface area (Å²) in [5.41, 5.74) is 5.96. The third kappa shape index (κ3) is 9.95. The van der Waals surface area contributed by atoms with Gasteiger partial charge in [0.05, 0.1) is 24.2 Å². The number of hydrogen-bond acceptors (Lipinski definition) is 12. The van der Waals surface area contributed by atoms with Gasteiger partial charge in [-0.2, -0.15) is 0 Å². The Morgan fingerprint density at radius 3 is 1.31 bits per heavy atom. The highest BCUT2D eigenvalue weighted by Gasteiger charge is 2.57. The van der Waals surface area contributed by atoms with E-state index in [-0.39, 0.29) is 96.6 Å². The maximum Gasteiger partial charge on any atom is 0.258 e. The Hall–Kier alpha value is -7.38. The SMILES string of the molecule is C/C=C/c1ccc2n(c1=O)C[C@H]1[C@H](CO)[C@@H](C(=O)NCc3ccc(F)cc3)N(Cc3cncnc3)[C@@H]21.C/C=C\c1ccc2n(c1=O)C[C@H]1[C@H](CO)[C@@H](C(=O)NCc3ccc(F)cc3)N(Cc3cncnc3)[C@@H]21. The summed E-state index contributed by atoms with van der Waals surface area (Å²) in [6.07, 6.45) is 17.0. The normalized spacial score (nSPS) is 23.1. The first-order valence-electron chi connectivity index (χ1n) is 24.0. The van der Waals surface area contributed by atoms with Crippen LogP contribution in [0.4, 0.5) is 8.78 Å². The average Bonchev–Trinajstić information content (AvgIpc) is 4.14. The fourth-order valence-corrected chi connectivity index (χ4v) is 11.3. The molecule has 4 aliphatic rings. The van der Waals surface area contributed by atoms with Gasteiger partial charge in [0.25, 0.3) is 11.1 Å². The lowest BCUT2D eigenvalue weighted by molar-refractivity contribution is -0.128. The molecular formula is C54H56F2N10O6. The first kappa shape index (κ1) is 49.6. The molecule has 6 aromatic rings. The van der Waals surface area contributed by atoms with Crippen molar-refractivity contribution >= 4 is 24.0 Å². The summed E-state index contributed by atoms with van der Waals surface area (Å²) >= 11 is 0. The number of aliphatic hydroxyl groups excluding tert-OH is 2. The number of allylic oxidation sites excluding steroid dienone is 2. The number of nitrogens with zero attached hydrogens (tertiary/aromatic N) is 8. The number of pyridine rings is 2. The topological polar surface area (TPSA) is 201 Å². The third-order valence-electron chi connectivity index (χ3n) is 14.4. The van der Waals surface area contributed by atoms with Crippen molar-refractivity contribution in [3.05, 3.63) is 200 Å². The van der Waals surface area contributed by atoms with Crippen LogP contribution >= 0.6 is 0 Å². The molecule has 0 saturated carbocycles. The van der Waals surface area contributed by atoms with Crippen molar-refractivity contribution in [3.8, 4) is 0 Å². The maximum absolute atomic E-state index is 13.6. The van der Waals surface area contributed by atoms with Crippen molar-refractivity contribution in [1.29, 1.82) is 0 Å². The molecule has 2 aromatic carbocycles. The zero-order chi connectivity index (χ0) is 50.5. The monoisotopic (exact) mass is 978 g/mol. The smallest absolute Gasteiger partial charge is 0.258 e. The molecule has 0 aliphatic carbocycles. The lowest BCUT2D eigenvalue weighted by atomic mass is 9.88. The minimum absolute atomic E-state index is 0.0722. The molecule has 0 spiro atoms. The summed E-state index contributed by atoms with van der Waals surface area (Å²) in [6.45, 7) is 5.47. The molecule has 2 amide bonds. The van der Waals surface area contributed by atoms with Crippen LogP contribution in [0.5, 0.6) is 0 Å². The Labute approximate surface area is 414 Å². The Bertz CT molecular complexity index is 2860. The number of likely N-dealkylation sites (tertiary alicyclic amines) is 2. The predicted molar refractivity (Wildman–Crippen MR) is 264 cm³/mol. The number of carbonyl (C=O) groups is 2. The van der Waals surface area contributed by atoms with Gasteiger partial charge in [-0.15, -0.1) is 0 Å². The van der Waals surface area contributed by atoms with E-state index in [0.29, 0.717) is 37.3 Å². The number of amides is 2. The van der Waals surface area contributed by atoms with Crippen LogP contribution in [0.2, 0.25) is 0 Å². The maximum atomic E-state index is 13.6. The molecular weight excluding hydrogens is 923 g/mol. The highest BCUT2D eigenvalue weighted by molar-refractivity contribution is 5.83. The predicted octanol–water partition coefficient (Wildman–Crippen LogP) is 4.58. The van der Waals surface area contributed by atoms with Crippen molar-refractivity contribution in [2.45, 2.75) is 77.3 Å². The molecule has 2 fully saturated rings. The van der Waals surface area contributed by atoms with Crippen molar-refractivity contribution < 1.29 is 28.6 Å². The van der Waals surface area contributed by atoms with Crippen molar-refractivity contribution in [2.24, 2.45) is 23.7 Å². The Kier molecular flexibility index (Phi) is 15.1. The second kappa shape index (κ2) is 21.9. The summed E-state index contributed by atoms with van der Waals surface area (Å²) < 4.78 is 30.1. The Morgan fingerprint density at radius 2 is 0.958 bits per heavy atom. The molecule has 72 heavy (non-hydrogen) atoms. The van der Waals surface area contributed by atoms with Crippen molar-refractivity contribution in [1.82, 2.24) is 49.5 Å². The largest absolute Gasteiger partial charge is 0.396 e. The standard InChI is InChI=1S/2C27H28FN5O3/c2*1-2-3-19-6-9-23-24-21(14-32(23)27(19)36)22(15-34)25(33(24)13-18-10-29-16-30-11-18)26(35)31-12-17-4-7-20(28)8-5-17/h2*2-11,16,21-22,24-25,34H,12-15H2,1H3,(H,31,35)/b3-2+;3-2-/t2*21-,22-,24+,25-/m00/s1. The minimum Gasteiger partial charge on any atom is -0.396 e. The molecule has 2 saturated heterocycles. The van der Waals surface area contributed by atoms with E-state index < -0.39 is 12.1 Å². The fourth-order valence-electron chi connectivity index (χ4n) is 11.3. The van der Waals surface area contributed by atoms with E-state index >= 15 is 0 Å². The number of halogens is 2. The van der Waals surface area contributed by atoms with E-state index in [0.717, 1.165) is 33.6 Å². The number of rotatable bonds is 14. The zero-order valence-corrected chi connectivity index (χ0v) is 39.8. The Morgan fingerprint density at radius 1 is 0.583 bits per heavy atom. The molecule has 372 valence electrons. The highest BCUT2D eigenvalue weighted by Crippen LogP contribution is 2.51. The second-order valence-corrected chi connectivity index (χ2v) is 18.6. The van der Waals surface area contributed by atoms with Crippen LogP contribution in [0.3, 0.4) is 0 Å². The molecule has 16 nitrogen and oxygen atoms in total. The summed E-state index contributed by atoms with van der Waals surface area (Å²) in [5.74, 6) is -2.10. The number of benzene rings is 2. The number of nitrogens with one attached hydrogen (secondary N) is 2. The van der Waals surface area contributed by atoms with Crippen LogP contribution in [0.15, 0.2) is 132 Å². The van der Waals surface area contributed by atoms with Crippen LogP contribution in [0.1, 0.15) is 70.7 Å². The van der Waals surface area contributed by atoms with Crippen LogP contribution in [0.25, 0.3) is 12.2 Å². The van der Waals surface area contributed by atoms with Crippen LogP contribution in [-0.4, -0.2) is 86.2 Å². The summed E-state index contributed by atoms with van der Waals surface area (Å²) in [5, 5.41) is 26.8. The van der Waals surface area contributed by atoms with E-state index in [9.17, 15) is 38.2 Å². The van der Waals surface area contributed by atoms with Gasteiger partial charge in [0.15, 0.2) is 0 Å². The molecule has 10 rings (SSSR count). The van der Waals surface area contributed by atoms with E-state index in [4.69, 9.17) is 0 Å². The summed E-state index contributed by atoms with van der Waals surface area (Å²) in [6, 6.07) is 17.8. The van der Waals surface area contributed by atoms with Gasteiger partial charge in [-0.3, -0.25) is 29.0 Å². The summed E-state index contributed by atoms with van der Waals surface area (Å²) in [4.78, 5) is 74.0. The van der Waals surface area contributed by atoms with Gasteiger partial charge in [0, 0.05) is 135 Å². The number of fused-ring (bicyclic) bond motifs is 6. The van der Waals surface area contributed by atoms with Crippen LogP contribution in [-0.2, 0) is 48.9 Å². The number of aliphatic hydroxyl groups is 2. The van der Waals surface area contributed by atoms with Crippen LogP contribution < -0.4 is 21.8 Å². The number of carbonyl (C=O) groups excluding carboxylic acids is 2. The lowest BCUT2D eigenvalue weighted by Crippen LogP contribution is -2.48. The molecule has 4 aromatic heterocycles. The number of aromatic nitrogens is 6. The van der Waals surface area contributed by atoms with Gasteiger partial charge in [-0.25, -0.2) is 28.7 Å². The average molecular weight is 979 g/mol. The quantitative estimate of drug-likeness (QED) is 0.119. The molecule has 0 unspecified atom stereocenters. The molecule has 4 N–H and O–H groups in total. The summed E-state index contributed by atoms with van der Waals surface area (Å²) in [7, 11) is 0. The highest BCUT2D eigenvalue weighted by atomic mass is 19.1. The molecule has 0 radical (unpaired) electrons. The van der Waals surface area contributed by atoms with Gasteiger partial charge >= 0.3 is 0 Å². The van der Waals surface area contributed by atoms with Gasteiger partial charge < -0.3 is 30.0 Å². The molecule has 4 aliphatic heterocycles. The molecule has 8 heterocycles. The third-order valence-corrected chi connectivity index (χ3v) is 14.4. The first-order valence-corrected chi connectivity index (χ1v) is 24.0. The lowest BCUT2D eigenvalue weighted by Gasteiger charge is -2.30. The van der Waals surface area contributed by atoms with Gasteiger partial charge in [-0.05, 0) is 73.5 Å². The first-order chi connectivity index (χ1) is 35.0. The Balaban J connectivity index is 0.000000178. The molecule has 0 bridgehead atoms. The van der Waals surface area contributed by atoms with Gasteiger partial charge in [0.2, 0.25) is 11.8 Å². The minimum atomic E-state index is -0.621. The van der Waals surface area contributed by atoms with E-state index in [1.165, 1.54) is 36.9 Å². The van der Waals surface area contributed by atoms with E-state index in [1.807, 2.05) is 50.3 Å². The molecule has 8 atom stereocenters. The zero-order valence-electron chi connectivity index (χ0n) is 39.8. The van der Waals surface area contributed by atoms with Gasteiger partial charge in [-0.1, -0.05) is 48.6 Å². The van der Waals surface area contributed by atoms with Crippen LogP contribution in [0, 0.1) is 35.3 Å². The number of hydrogen-bond donors (Lipinski definition) is 4. The van der Waals surface area contributed by atoms with Crippen molar-refractivity contribution in [2.75, 3.05) is 13.2 Å². The second-order valence-electron chi connectivity index (χ2n) is 18.6. The van der Waals surface area contributed by atoms with E-state index in [1.54, 1.807) is 70.3 Å².